The minimum Gasteiger partial charge on any atom is -0.452 e. The van der Waals surface area contributed by atoms with E-state index in [-0.39, 0.29) is 16.7 Å². The first kappa shape index (κ1) is 24.3. The molecule has 4 rings (SSSR count). The fourth-order valence-corrected chi connectivity index (χ4v) is 4.28. The first-order chi connectivity index (χ1) is 16.7. The summed E-state index contributed by atoms with van der Waals surface area (Å²) in [5.74, 6) is -2.15. The molecule has 3 amide bonds. The number of nitrogens with zero attached hydrogens (tertiary/aromatic N) is 1. The number of ether oxygens (including phenoxy) is 1. The summed E-state index contributed by atoms with van der Waals surface area (Å²) in [5.41, 5.74) is 3.80. The summed E-state index contributed by atoms with van der Waals surface area (Å²) < 4.78 is 6.10. The molecule has 0 saturated carbocycles. The van der Waals surface area contributed by atoms with Gasteiger partial charge in [0, 0.05) is 10.2 Å². The van der Waals surface area contributed by atoms with Crippen LogP contribution in [0, 0.1) is 13.8 Å². The average molecular weight is 535 g/mol. The molecule has 178 valence electrons. The first-order valence-corrected chi connectivity index (χ1v) is 11.8. The molecule has 0 unspecified atom stereocenters. The molecule has 8 heteroatoms. The minimum absolute atomic E-state index is 0.0854. The van der Waals surface area contributed by atoms with Gasteiger partial charge in [0.25, 0.3) is 17.7 Å². The number of nitrogens with one attached hydrogen (secondary N) is 1. The summed E-state index contributed by atoms with van der Waals surface area (Å²) in [7, 11) is 0. The molecule has 0 aliphatic carbocycles. The topological polar surface area (TPSA) is 92.8 Å². The molecule has 0 fully saturated rings. The molecule has 35 heavy (non-hydrogen) atoms. The van der Waals surface area contributed by atoms with Crippen LogP contribution in [0.25, 0.3) is 0 Å². The molecule has 3 aromatic carbocycles. The quantitative estimate of drug-likeness (QED) is 0.345. The third-order valence-electron chi connectivity index (χ3n) is 5.88. The lowest BCUT2D eigenvalue weighted by Gasteiger charge is -2.22. The maximum Gasteiger partial charge on any atom is 0.338 e. The smallest absolute Gasteiger partial charge is 0.338 e. The van der Waals surface area contributed by atoms with Crippen molar-refractivity contribution in [3.05, 3.63) is 98.5 Å². The Bertz CT molecular complexity index is 1330. The zero-order valence-corrected chi connectivity index (χ0v) is 21.0. The van der Waals surface area contributed by atoms with Crippen LogP contribution in [0.4, 0.5) is 5.69 Å². The highest BCUT2D eigenvalue weighted by atomic mass is 79.9. The fraction of sp³-hybridized carbons (Fsp3) is 0.185. The minimum atomic E-state index is -0.763. The standard InChI is InChI=1S/C27H23BrN2O5/c1-15-11-20(12-16(2)24(15)28)29-23(31)14-35-27(34)19-9-10-21-22(13-19)26(33)30(25(21)32)17(3)18-7-5-4-6-8-18/h4-13,17H,14H2,1-3H3,(H,29,31)/t17-/m1/s1. The predicted molar refractivity (Wildman–Crippen MR) is 134 cm³/mol. The molecule has 0 bridgehead atoms. The van der Waals surface area contributed by atoms with E-state index < -0.39 is 36.3 Å². The third kappa shape index (κ3) is 4.88. The number of hydrogen-bond donors (Lipinski definition) is 1. The fourth-order valence-electron chi connectivity index (χ4n) is 4.05. The van der Waals surface area contributed by atoms with Crippen molar-refractivity contribution >= 4 is 45.3 Å². The van der Waals surface area contributed by atoms with Gasteiger partial charge in [-0.2, -0.15) is 0 Å². The summed E-state index contributed by atoms with van der Waals surface area (Å²) in [6, 6.07) is 16.6. The van der Waals surface area contributed by atoms with Gasteiger partial charge in [0.05, 0.1) is 22.7 Å². The van der Waals surface area contributed by atoms with E-state index in [9.17, 15) is 19.2 Å². The number of esters is 1. The molecule has 1 atom stereocenters. The van der Waals surface area contributed by atoms with E-state index in [4.69, 9.17) is 4.74 Å². The number of carbonyl (C=O) groups excluding carboxylic acids is 4. The normalized spacial score (nSPS) is 13.4. The zero-order valence-electron chi connectivity index (χ0n) is 19.4. The summed E-state index contributed by atoms with van der Waals surface area (Å²) in [4.78, 5) is 52.0. The van der Waals surface area contributed by atoms with Crippen molar-refractivity contribution in [1.82, 2.24) is 4.90 Å². The van der Waals surface area contributed by atoms with Crippen LogP contribution < -0.4 is 5.32 Å². The van der Waals surface area contributed by atoms with Crippen LogP contribution >= 0.6 is 15.9 Å². The summed E-state index contributed by atoms with van der Waals surface area (Å²) >= 11 is 3.48. The number of halogens is 1. The van der Waals surface area contributed by atoms with Crippen LogP contribution in [0.3, 0.4) is 0 Å². The number of fused-ring (bicyclic) bond motifs is 1. The second-order valence-electron chi connectivity index (χ2n) is 8.38. The Hall–Kier alpha value is -3.78. The Labute approximate surface area is 211 Å². The molecular formula is C27H23BrN2O5. The van der Waals surface area contributed by atoms with E-state index in [1.807, 2.05) is 56.3 Å². The number of imide groups is 1. The van der Waals surface area contributed by atoms with E-state index in [1.165, 1.54) is 23.1 Å². The van der Waals surface area contributed by atoms with E-state index in [0.717, 1.165) is 21.2 Å². The van der Waals surface area contributed by atoms with Gasteiger partial charge in [-0.15, -0.1) is 0 Å². The highest BCUT2D eigenvalue weighted by molar-refractivity contribution is 9.10. The lowest BCUT2D eigenvalue weighted by Crippen LogP contribution is -2.32. The van der Waals surface area contributed by atoms with E-state index in [1.54, 1.807) is 6.92 Å². The van der Waals surface area contributed by atoms with Crippen LogP contribution in [0.2, 0.25) is 0 Å². The first-order valence-electron chi connectivity index (χ1n) is 11.0. The molecule has 1 N–H and O–H groups in total. The van der Waals surface area contributed by atoms with Gasteiger partial charge in [0.15, 0.2) is 6.61 Å². The van der Waals surface area contributed by atoms with Crippen molar-refractivity contribution < 1.29 is 23.9 Å². The Morgan fingerprint density at radius 3 is 2.23 bits per heavy atom. The number of rotatable bonds is 6. The van der Waals surface area contributed by atoms with E-state index >= 15 is 0 Å². The van der Waals surface area contributed by atoms with Crippen molar-refractivity contribution in [3.8, 4) is 0 Å². The summed E-state index contributed by atoms with van der Waals surface area (Å²) in [5, 5.41) is 2.70. The van der Waals surface area contributed by atoms with Crippen molar-refractivity contribution in [1.29, 1.82) is 0 Å². The average Bonchev–Trinajstić information content (AvgIpc) is 3.10. The molecule has 0 spiro atoms. The van der Waals surface area contributed by atoms with Crippen LogP contribution in [0.15, 0.2) is 65.1 Å². The van der Waals surface area contributed by atoms with Gasteiger partial charge in [-0.3, -0.25) is 19.3 Å². The van der Waals surface area contributed by atoms with E-state index in [2.05, 4.69) is 21.2 Å². The highest BCUT2D eigenvalue weighted by Gasteiger charge is 2.39. The SMILES string of the molecule is Cc1cc(NC(=O)COC(=O)c2ccc3c(c2)C(=O)N([C@H](C)c2ccccc2)C3=O)cc(C)c1Br. The summed E-state index contributed by atoms with van der Waals surface area (Å²) in [6.45, 7) is 5.11. The van der Waals surface area contributed by atoms with Crippen LogP contribution in [0.1, 0.15) is 60.7 Å². The second-order valence-corrected chi connectivity index (χ2v) is 9.17. The lowest BCUT2D eigenvalue weighted by molar-refractivity contribution is -0.119. The van der Waals surface area contributed by atoms with Crippen molar-refractivity contribution in [3.63, 3.8) is 0 Å². The molecule has 7 nitrogen and oxygen atoms in total. The molecular weight excluding hydrogens is 512 g/mol. The van der Waals surface area contributed by atoms with Gasteiger partial charge in [-0.05, 0) is 67.8 Å². The molecule has 0 aromatic heterocycles. The highest BCUT2D eigenvalue weighted by Crippen LogP contribution is 2.32. The number of aryl methyl sites for hydroxylation is 2. The van der Waals surface area contributed by atoms with Crippen LogP contribution in [-0.2, 0) is 9.53 Å². The van der Waals surface area contributed by atoms with Gasteiger partial charge < -0.3 is 10.1 Å². The van der Waals surface area contributed by atoms with Crippen LogP contribution in [-0.4, -0.2) is 35.2 Å². The van der Waals surface area contributed by atoms with Crippen LogP contribution in [0.5, 0.6) is 0 Å². The molecule has 1 aliphatic rings. The Balaban J connectivity index is 1.43. The monoisotopic (exact) mass is 534 g/mol. The molecule has 1 heterocycles. The largest absolute Gasteiger partial charge is 0.452 e. The maximum atomic E-state index is 13.0. The molecule has 0 saturated heterocycles. The molecule has 1 aliphatic heterocycles. The summed E-state index contributed by atoms with van der Waals surface area (Å²) in [6.07, 6.45) is 0. The van der Waals surface area contributed by atoms with Gasteiger partial charge in [0.1, 0.15) is 0 Å². The van der Waals surface area contributed by atoms with Gasteiger partial charge in [-0.1, -0.05) is 46.3 Å². The van der Waals surface area contributed by atoms with E-state index in [0.29, 0.717) is 5.69 Å². The van der Waals surface area contributed by atoms with Crippen molar-refractivity contribution in [2.24, 2.45) is 0 Å². The van der Waals surface area contributed by atoms with Gasteiger partial charge in [0.2, 0.25) is 0 Å². The maximum absolute atomic E-state index is 13.0. The number of anilines is 1. The Morgan fingerprint density at radius 1 is 0.943 bits per heavy atom. The van der Waals surface area contributed by atoms with Crippen molar-refractivity contribution in [2.45, 2.75) is 26.8 Å². The number of amides is 3. The lowest BCUT2D eigenvalue weighted by atomic mass is 10.1. The van der Waals surface area contributed by atoms with Gasteiger partial charge >= 0.3 is 5.97 Å². The number of hydrogen-bond acceptors (Lipinski definition) is 5. The van der Waals surface area contributed by atoms with Crippen molar-refractivity contribution in [2.75, 3.05) is 11.9 Å². The molecule has 0 radical (unpaired) electrons. The number of carbonyl (C=O) groups is 4. The predicted octanol–water partition coefficient (Wildman–Crippen LogP) is 5.22. The number of benzene rings is 3. The third-order valence-corrected chi connectivity index (χ3v) is 7.13. The second kappa shape index (κ2) is 9.84. The Kier molecular flexibility index (Phi) is 6.84. The van der Waals surface area contributed by atoms with Gasteiger partial charge in [-0.25, -0.2) is 4.79 Å². The Morgan fingerprint density at radius 2 is 1.57 bits per heavy atom. The zero-order chi connectivity index (χ0) is 25.3. The molecule has 3 aromatic rings.